The molecule has 0 atom stereocenters. The molecule has 0 radical (unpaired) electrons. The molecule has 1 aromatic carbocycles. The van der Waals surface area contributed by atoms with Crippen LogP contribution in [0.1, 0.15) is 43.7 Å². The van der Waals surface area contributed by atoms with Crippen LogP contribution in [0.3, 0.4) is 0 Å². The van der Waals surface area contributed by atoms with Gasteiger partial charge in [0, 0.05) is 17.5 Å². The topological polar surface area (TPSA) is 38.7 Å². The maximum atomic E-state index is 10.2. The van der Waals surface area contributed by atoms with Gasteiger partial charge in [-0.2, -0.15) is 0 Å². The first-order chi connectivity index (χ1) is 8.50. The number of hydrogen-bond donors (Lipinski definition) is 1. The van der Waals surface area contributed by atoms with Gasteiger partial charge in [0.2, 0.25) is 0 Å². The Morgan fingerprint density at radius 3 is 2.17 bits per heavy atom. The van der Waals surface area contributed by atoms with E-state index in [1.165, 1.54) is 0 Å². The van der Waals surface area contributed by atoms with E-state index in [1.807, 2.05) is 12.1 Å². The lowest BCUT2D eigenvalue weighted by Gasteiger charge is -2.21. The molecule has 1 aromatic rings. The first kappa shape index (κ1) is 13.2. The third kappa shape index (κ3) is 2.46. The standard InChI is InChI=1S/C15H22O3/c1-10(2)14-11(9-15(16)7-8-15)12(17-3)5-6-13(14)18-4/h5-6,10,16H,7-9H2,1-4H3. The molecule has 18 heavy (non-hydrogen) atoms. The molecule has 0 unspecified atom stereocenters. The smallest absolute Gasteiger partial charge is 0.122 e. The number of methoxy groups -OCH3 is 2. The Labute approximate surface area is 109 Å². The summed E-state index contributed by atoms with van der Waals surface area (Å²) in [4.78, 5) is 0. The summed E-state index contributed by atoms with van der Waals surface area (Å²) in [7, 11) is 3.36. The van der Waals surface area contributed by atoms with Crippen molar-refractivity contribution in [1.82, 2.24) is 0 Å². The van der Waals surface area contributed by atoms with Crippen molar-refractivity contribution in [1.29, 1.82) is 0 Å². The summed E-state index contributed by atoms with van der Waals surface area (Å²) in [6.07, 6.45) is 2.41. The van der Waals surface area contributed by atoms with Crippen molar-refractivity contribution in [3.8, 4) is 11.5 Å². The molecule has 0 aromatic heterocycles. The Morgan fingerprint density at radius 1 is 1.17 bits per heavy atom. The average molecular weight is 250 g/mol. The highest BCUT2D eigenvalue weighted by atomic mass is 16.5. The molecule has 3 heteroatoms. The van der Waals surface area contributed by atoms with Crippen LogP contribution in [0, 0.1) is 0 Å². The summed E-state index contributed by atoms with van der Waals surface area (Å²) < 4.78 is 10.9. The van der Waals surface area contributed by atoms with Crippen LogP contribution in [0.25, 0.3) is 0 Å². The molecule has 0 bridgehead atoms. The van der Waals surface area contributed by atoms with Crippen LogP contribution in [-0.2, 0) is 6.42 Å². The summed E-state index contributed by atoms with van der Waals surface area (Å²) in [6.45, 7) is 4.27. The van der Waals surface area contributed by atoms with E-state index in [0.29, 0.717) is 12.3 Å². The van der Waals surface area contributed by atoms with E-state index < -0.39 is 5.60 Å². The van der Waals surface area contributed by atoms with Gasteiger partial charge in [0.05, 0.1) is 19.8 Å². The van der Waals surface area contributed by atoms with Crippen LogP contribution in [0.5, 0.6) is 11.5 Å². The molecule has 0 amide bonds. The van der Waals surface area contributed by atoms with Crippen LogP contribution in [-0.4, -0.2) is 24.9 Å². The van der Waals surface area contributed by atoms with Crippen molar-refractivity contribution < 1.29 is 14.6 Å². The minimum absolute atomic E-state index is 0.340. The number of hydrogen-bond acceptors (Lipinski definition) is 3. The number of aliphatic hydroxyl groups is 1. The zero-order valence-electron chi connectivity index (χ0n) is 11.6. The van der Waals surface area contributed by atoms with Crippen LogP contribution in [0.2, 0.25) is 0 Å². The second-order valence-corrected chi connectivity index (χ2v) is 5.42. The van der Waals surface area contributed by atoms with E-state index in [4.69, 9.17) is 9.47 Å². The van der Waals surface area contributed by atoms with Crippen LogP contribution in [0.15, 0.2) is 12.1 Å². The minimum atomic E-state index is -0.525. The SMILES string of the molecule is COc1ccc(OC)c(C(C)C)c1CC1(O)CC1. The first-order valence-corrected chi connectivity index (χ1v) is 6.47. The van der Waals surface area contributed by atoms with Crippen molar-refractivity contribution in [2.45, 2.75) is 44.6 Å². The highest BCUT2D eigenvalue weighted by molar-refractivity contribution is 5.51. The Balaban J connectivity index is 2.49. The maximum absolute atomic E-state index is 10.2. The molecule has 0 spiro atoms. The van der Waals surface area contributed by atoms with Crippen molar-refractivity contribution in [2.24, 2.45) is 0 Å². The van der Waals surface area contributed by atoms with E-state index in [2.05, 4.69) is 13.8 Å². The second kappa shape index (κ2) is 4.81. The molecule has 0 aliphatic heterocycles. The highest BCUT2D eigenvalue weighted by Gasteiger charge is 2.41. The molecular weight excluding hydrogens is 228 g/mol. The number of ether oxygens (including phenoxy) is 2. The summed E-state index contributed by atoms with van der Waals surface area (Å²) >= 11 is 0. The molecule has 2 rings (SSSR count). The quantitative estimate of drug-likeness (QED) is 0.873. The maximum Gasteiger partial charge on any atom is 0.122 e. The van der Waals surface area contributed by atoms with Gasteiger partial charge in [-0.05, 0) is 30.9 Å². The highest BCUT2D eigenvalue weighted by Crippen LogP contribution is 2.44. The molecule has 1 aliphatic carbocycles. The van der Waals surface area contributed by atoms with Gasteiger partial charge >= 0.3 is 0 Å². The molecule has 100 valence electrons. The van der Waals surface area contributed by atoms with Gasteiger partial charge in [-0.3, -0.25) is 0 Å². The third-order valence-electron chi connectivity index (χ3n) is 3.62. The zero-order chi connectivity index (χ0) is 13.3. The van der Waals surface area contributed by atoms with E-state index in [9.17, 15) is 5.11 Å². The van der Waals surface area contributed by atoms with E-state index in [1.54, 1.807) is 14.2 Å². The van der Waals surface area contributed by atoms with E-state index in [-0.39, 0.29) is 0 Å². The molecule has 1 saturated carbocycles. The fourth-order valence-electron chi connectivity index (χ4n) is 2.46. The monoisotopic (exact) mass is 250 g/mol. The van der Waals surface area contributed by atoms with Crippen molar-refractivity contribution in [2.75, 3.05) is 14.2 Å². The molecule has 0 heterocycles. The molecule has 3 nitrogen and oxygen atoms in total. The molecule has 1 N–H and O–H groups in total. The van der Waals surface area contributed by atoms with Crippen LogP contribution >= 0.6 is 0 Å². The zero-order valence-corrected chi connectivity index (χ0v) is 11.6. The van der Waals surface area contributed by atoms with Gasteiger partial charge in [-0.15, -0.1) is 0 Å². The minimum Gasteiger partial charge on any atom is -0.496 e. The average Bonchev–Trinajstić information content (AvgIpc) is 3.05. The van der Waals surface area contributed by atoms with Gasteiger partial charge in [-0.1, -0.05) is 13.8 Å². The third-order valence-corrected chi connectivity index (χ3v) is 3.62. The lowest BCUT2D eigenvalue weighted by Crippen LogP contribution is -2.14. The normalized spacial score (nSPS) is 16.8. The fraction of sp³-hybridized carbons (Fsp3) is 0.600. The fourth-order valence-corrected chi connectivity index (χ4v) is 2.46. The largest absolute Gasteiger partial charge is 0.496 e. The van der Waals surface area contributed by atoms with E-state index >= 15 is 0 Å². The summed E-state index contributed by atoms with van der Waals surface area (Å²) in [5.41, 5.74) is 1.72. The molecular formula is C15H22O3. The van der Waals surface area contributed by atoms with Gasteiger partial charge in [0.1, 0.15) is 11.5 Å². The van der Waals surface area contributed by atoms with Crippen molar-refractivity contribution in [3.05, 3.63) is 23.3 Å². The number of rotatable bonds is 5. The predicted octanol–water partition coefficient (Wildman–Crippen LogP) is 2.89. The summed E-state index contributed by atoms with van der Waals surface area (Å²) in [6, 6.07) is 3.86. The van der Waals surface area contributed by atoms with Gasteiger partial charge < -0.3 is 14.6 Å². The van der Waals surface area contributed by atoms with Crippen molar-refractivity contribution in [3.63, 3.8) is 0 Å². The Morgan fingerprint density at radius 2 is 1.72 bits per heavy atom. The summed E-state index contributed by atoms with van der Waals surface area (Å²) in [5, 5.41) is 10.2. The molecule has 1 fully saturated rings. The first-order valence-electron chi connectivity index (χ1n) is 6.47. The lowest BCUT2D eigenvalue weighted by atomic mass is 9.91. The Hall–Kier alpha value is -1.22. The predicted molar refractivity (Wildman–Crippen MR) is 71.5 cm³/mol. The van der Waals surface area contributed by atoms with Crippen LogP contribution in [0.4, 0.5) is 0 Å². The second-order valence-electron chi connectivity index (χ2n) is 5.42. The lowest BCUT2D eigenvalue weighted by molar-refractivity contribution is 0.149. The van der Waals surface area contributed by atoms with Gasteiger partial charge in [0.25, 0.3) is 0 Å². The Kier molecular flexibility index (Phi) is 3.53. The van der Waals surface area contributed by atoms with E-state index in [0.717, 1.165) is 35.5 Å². The van der Waals surface area contributed by atoms with Gasteiger partial charge in [0.15, 0.2) is 0 Å². The molecule has 1 aliphatic rings. The molecule has 0 saturated heterocycles. The number of benzene rings is 1. The Bertz CT molecular complexity index is 434. The van der Waals surface area contributed by atoms with Crippen LogP contribution < -0.4 is 9.47 Å². The van der Waals surface area contributed by atoms with Gasteiger partial charge in [-0.25, -0.2) is 0 Å². The summed E-state index contributed by atoms with van der Waals surface area (Å²) in [5.74, 6) is 2.07. The van der Waals surface area contributed by atoms with Crippen molar-refractivity contribution >= 4 is 0 Å².